The van der Waals surface area contributed by atoms with E-state index < -0.39 is 23.8 Å². The number of hydrogen-bond acceptors (Lipinski definition) is 7. The number of benzene rings is 1. The summed E-state index contributed by atoms with van der Waals surface area (Å²) in [6.07, 6.45) is 1.42. The molecule has 0 saturated heterocycles. The first-order valence-corrected chi connectivity index (χ1v) is 8.65. The average molecular weight is 394 g/mol. The summed E-state index contributed by atoms with van der Waals surface area (Å²) in [4.78, 5) is 25.4. The minimum Gasteiger partial charge on any atom is -0.494 e. The van der Waals surface area contributed by atoms with E-state index in [1.165, 1.54) is 20.3 Å². The van der Waals surface area contributed by atoms with Crippen molar-refractivity contribution >= 4 is 5.78 Å². The highest BCUT2D eigenvalue weighted by Crippen LogP contribution is 2.27. The van der Waals surface area contributed by atoms with E-state index in [1.807, 2.05) is 6.07 Å². The number of pyridine rings is 1. The second kappa shape index (κ2) is 8.35. The van der Waals surface area contributed by atoms with Crippen molar-refractivity contribution in [2.24, 2.45) is 0 Å². The van der Waals surface area contributed by atoms with Gasteiger partial charge in [0.2, 0.25) is 11.7 Å². The van der Waals surface area contributed by atoms with Crippen LogP contribution in [0.25, 0.3) is 0 Å². The molecule has 8 nitrogen and oxygen atoms in total. The highest BCUT2D eigenvalue weighted by atomic mass is 16.5. The molecule has 1 N–H and O–H groups in total. The first kappa shape index (κ1) is 19.8. The van der Waals surface area contributed by atoms with Gasteiger partial charge in [0.25, 0.3) is 5.56 Å². The lowest BCUT2D eigenvalue weighted by Gasteiger charge is -2.15. The lowest BCUT2D eigenvalue weighted by Crippen LogP contribution is -2.28. The standard InChI is InChI=1S/C21H18N2O6/c1-13-15(10-22)20(25)23(11-14-6-5-9-28-14)21(26)19(13)16(24)12-29-18-8-4-3-7-17(18)27-2/h3-9,26H,11-12H2,1-2H3. The Kier molecular flexibility index (Phi) is 5.69. The largest absolute Gasteiger partial charge is 0.494 e. The second-order valence-corrected chi connectivity index (χ2v) is 6.14. The van der Waals surface area contributed by atoms with E-state index in [9.17, 15) is 20.0 Å². The van der Waals surface area contributed by atoms with Crippen LogP contribution in [0.5, 0.6) is 17.4 Å². The number of ketones is 1. The third-order valence-corrected chi connectivity index (χ3v) is 4.40. The van der Waals surface area contributed by atoms with Crippen LogP contribution in [-0.4, -0.2) is 29.2 Å². The van der Waals surface area contributed by atoms with E-state index in [-0.39, 0.29) is 23.2 Å². The van der Waals surface area contributed by atoms with Crippen molar-refractivity contribution in [3.8, 4) is 23.4 Å². The van der Waals surface area contributed by atoms with Crippen molar-refractivity contribution < 1.29 is 23.8 Å². The Labute approximate surface area is 166 Å². The Hall–Kier alpha value is -3.99. The number of furan rings is 1. The molecule has 0 aliphatic carbocycles. The molecule has 0 saturated carbocycles. The average Bonchev–Trinajstić information content (AvgIpc) is 3.23. The van der Waals surface area contributed by atoms with Crippen LogP contribution < -0.4 is 15.0 Å². The summed E-state index contributed by atoms with van der Waals surface area (Å²) in [5, 5.41) is 20.0. The topological polar surface area (TPSA) is 115 Å². The van der Waals surface area contributed by atoms with Crippen LogP contribution in [-0.2, 0) is 6.54 Å². The third kappa shape index (κ3) is 3.84. The Bertz CT molecular complexity index is 1140. The molecule has 0 fully saturated rings. The zero-order chi connectivity index (χ0) is 21.0. The fraction of sp³-hybridized carbons (Fsp3) is 0.190. The summed E-state index contributed by atoms with van der Waals surface area (Å²) in [6.45, 7) is 0.895. The van der Waals surface area contributed by atoms with Crippen molar-refractivity contribution in [1.29, 1.82) is 5.26 Å². The lowest BCUT2D eigenvalue weighted by molar-refractivity contribution is 0.0914. The summed E-state index contributed by atoms with van der Waals surface area (Å²) in [5.41, 5.74) is -0.988. The molecule has 0 bridgehead atoms. The Morgan fingerprint density at radius 3 is 2.59 bits per heavy atom. The molecular weight excluding hydrogens is 376 g/mol. The lowest BCUT2D eigenvalue weighted by atomic mass is 10.0. The number of methoxy groups -OCH3 is 1. The van der Waals surface area contributed by atoms with Crippen LogP contribution >= 0.6 is 0 Å². The van der Waals surface area contributed by atoms with Crippen molar-refractivity contribution in [2.75, 3.05) is 13.7 Å². The molecule has 8 heteroatoms. The van der Waals surface area contributed by atoms with Gasteiger partial charge in [-0.1, -0.05) is 12.1 Å². The minimum atomic E-state index is -0.707. The molecule has 148 valence electrons. The van der Waals surface area contributed by atoms with Crippen LogP contribution in [0.1, 0.15) is 27.2 Å². The van der Waals surface area contributed by atoms with Gasteiger partial charge in [-0.3, -0.25) is 14.2 Å². The monoisotopic (exact) mass is 394 g/mol. The molecule has 2 aromatic heterocycles. The SMILES string of the molecule is COc1ccccc1OCC(=O)c1c(C)c(C#N)c(=O)n(Cc2ccco2)c1O. The number of nitriles is 1. The van der Waals surface area contributed by atoms with Gasteiger partial charge in [-0.05, 0) is 36.8 Å². The van der Waals surface area contributed by atoms with Crippen LogP contribution in [0.15, 0.2) is 51.9 Å². The number of carbonyl (C=O) groups is 1. The Balaban J connectivity index is 1.98. The second-order valence-electron chi connectivity index (χ2n) is 6.14. The highest BCUT2D eigenvalue weighted by Gasteiger charge is 2.25. The van der Waals surface area contributed by atoms with Gasteiger partial charge in [-0.25, -0.2) is 0 Å². The van der Waals surface area contributed by atoms with Gasteiger partial charge in [0.1, 0.15) is 17.4 Å². The third-order valence-electron chi connectivity index (χ3n) is 4.40. The predicted octanol–water partition coefficient (Wildman–Crippen LogP) is 2.65. The van der Waals surface area contributed by atoms with E-state index in [2.05, 4.69) is 0 Å². The van der Waals surface area contributed by atoms with E-state index >= 15 is 0 Å². The number of para-hydroxylation sites is 2. The zero-order valence-corrected chi connectivity index (χ0v) is 15.8. The summed E-state index contributed by atoms with van der Waals surface area (Å²) >= 11 is 0. The Morgan fingerprint density at radius 2 is 1.97 bits per heavy atom. The van der Waals surface area contributed by atoms with Gasteiger partial charge >= 0.3 is 0 Å². The maximum atomic E-state index is 12.8. The van der Waals surface area contributed by atoms with Crippen LogP contribution in [0.4, 0.5) is 0 Å². The molecule has 0 aliphatic heterocycles. The number of ether oxygens (including phenoxy) is 2. The molecule has 0 unspecified atom stereocenters. The summed E-state index contributed by atoms with van der Waals surface area (Å²) in [5.74, 6) is 0.0533. The number of Topliss-reactive ketones (excluding diaryl/α,β-unsaturated/α-hetero) is 1. The first-order chi connectivity index (χ1) is 14.0. The molecular formula is C21H18N2O6. The van der Waals surface area contributed by atoms with Gasteiger partial charge < -0.3 is 19.0 Å². The zero-order valence-electron chi connectivity index (χ0n) is 15.8. The fourth-order valence-electron chi connectivity index (χ4n) is 2.94. The van der Waals surface area contributed by atoms with Crippen LogP contribution in [0.2, 0.25) is 0 Å². The number of rotatable bonds is 7. The van der Waals surface area contributed by atoms with Crippen LogP contribution in [0, 0.1) is 18.3 Å². The van der Waals surface area contributed by atoms with Crippen molar-refractivity contribution in [2.45, 2.75) is 13.5 Å². The van der Waals surface area contributed by atoms with E-state index in [0.29, 0.717) is 17.3 Å². The molecule has 29 heavy (non-hydrogen) atoms. The summed E-state index contributed by atoms with van der Waals surface area (Å²) in [7, 11) is 1.48. The van der Waals surface area contributed by atoms with Gasteiger partial charge in [-0.2, -0.15) is 5.26 Å². The first-order valence-electron chi connectivity index (χ1n) is 8.65. The van der Waals surface area contributed by atoms with Crippen molar-refractivity contribution in [3.05, 3.63) is 75.5 Å². The van der Waals surface area contributed by atoms with E-state index in [1.54, 1.807) is 36.4 Å². The molecule has 2 heterocycles. The highest BCUT2D eigenvalue weighted by molar-refractivity contribution is 6.01. The predicted molar refractivity (Wildman–Crippen MR) is 102 cm³/mol. The van der Waals surface area contributed by atoms with Gasteiger partial charge in [0.15, 0.2) is 18.1 Å². The van der Waals surface area contributed by atoms with Gasteiger partial charge in [0.05, 0.1) is 25.5 Å². The molecule has 3 rings (SSSR count). The minimum absolute atomic E-state index is 0.0966. The number of nitrogens with zero attached hydrogens (tertiary/aromatic N) is 2. The molecule has 0 radical (unpaired) electrons. The maximum Gasteiger partial charge on any atom is 0.271 e. The molecule has 0 atom stereocenters. The molecule has 0 spiro atoms. The quantitative estimate of drug-likeness (QED) is 0.613. The number of aromatic hydroxyl groups is 1. The fourth-order valence-corrected chi connectivity index (χ4v) is 2.94. The summed E-state index contributed by atoms with van der Waals surface area (Å²) < 4.78 is 16.8. The number of hydrogen-bond donors (Lipinski definition) is 1. The van der Waals surface area contributed by atoms with Gasteiger partial charge in [0, 0.05) is 0 Å². The van der Waals surface area contributed by atoms with Crippen molar-refractivity contribution in [1.82, 2.24) is 4.57 Å². The maximum absolute atomic E-state index is 12.8. The normalized spacial score (nSPS) is 10.4. The number of aromatic nitrogens is 1. The van der Waals surface area contributed by atoms with E-state index in [0.717, 1.165) is 4.57 Å². The molecule has 0 amide bonds. The molecule has 0 aliphatic rings. The Morgan fingerprint density at radius 1 is 1.24 bits per heavy atom. The summed E-state index contributed by atoms with van der Waals surface area (Å²) in [6, 6.07) is 11.9. The van der Waals surface area contributed by atoms with Crippen molar-refractivity contribution in [3.63, 3.8) is 0 Å². The molecule has 1 aromatic carbocycles. The molecule has 3 aromatic rings. The van der Waals surface area contributed by atoms with Gasteiger partial charge in [-0.15, -0.1) is 0 Å². The van der Waals surface area contributed by atoms with E-state index in [4.69, 9.17) is 13.9 Å². The smallest absolute Gasteiger partial charge is 0.271 e. The number of carbonyl (C=O) groups excluding carboxylic acids is 1. The van der Waals surface area contributed by atoms with Crippen LogP contribution in [0.3, 0.4) is 0 Å².